The van der Waals surface area contributed by atoms with Gasteiger partial charge >= 0.3 is 12.1 Å². The number of esters is 1. The van der Waals surface area contributed by atoms with Crippen LogP contribution in [-0.4, -0.2) is 37.2 Å². The van der Waals surface area contributed by atoms with Crippen molar-refractivity contribution in [3.05, 3.63) is 28.8 Å². The van der Waals surface area contributed by atoms with Gasteiger partial charge < -0.3 is 20.1 Å². The topological polar surface area (TPSA) is 93.7 Å². The van der Waals surface area contributed by atoms with Crippen LogP contribution in [-0.2, 0) is 14.3 Å². The second kappa shape index (κ2) is 7.82. The molecule has 0 bridgehead atoms. The molecule has 0 spiro atoms. The van der Waals surface area contributed by atoms with E-state index < -0.39 is 23.6 Å². The Morgan fingerprint density at radius 2 is 1.87 bits per heavy atom. The number of methoxy groups -OCH3 is 1. The minimum absolute atomic E-state index is 0.179. The van der Waals surface area contributed by atoms with Gasteiger partial charge in [-0.2, -0.15) is 0 Å². The Bertz CT molecular complexity index is 610. The van der Waals surface area contributed by atoms with Gasteiger partial charge in [0.25, 0.3) is 0 Å². The van der Waals surface area contributed by atoms with Crippen molar-refractivity contribution in [3.63, 3.8) is 0 Å². The fourth-order valence-electron chi connectivity index (χ4n) is 1.52. The Morgan fingerprint density at radius 1 is 1.22 bits per heavy atom. The number of amides is 2. The number of hydrogen-bond donors (Lipinski definition) is 2. The van der Waals surface area contributed by atoms with E-state index in [0.29, 0.717) is 5.69 Å². The van der Waals surface area contributed by atoms with E-state index in [1.807, 2.05) is 0 Å². The Morgan fingerprint density at radius 3 is 2.39 bits per heavy atom. The van der Waals surface area contributed by atoms with E-state index in [9.17, 15) is 14.4 Å². The van der Waals surface area contributed by atoms with Crippen molar-refractivity contribution < 1.29 is 23.9 Å². The smallest absolute Gasteiger partial charge is 0.408 e. The normalized spacial score (nSPS) is 10.7. The van der Waals surface area contributed by atoms with Crippen LogP contribution in [0.15, 0.2) is 18.2 Å². The number of alkyl carbamates (subject to hydrolysis) is 1. The maximum Gasteiger partial charge on any atom is 0.408 e. The van der Waals surface area contributed by atoms with Crippen molar-refractivity contribution >= 4 is 35.3 Å². The molecule has 0 radical (unpaired) electrons. The van der Waals surface area contributed by atoms with Gasteiger partial charge in [-0.15, -0.1) is 0 Å². The van der Waals surface area contributed by atoms with Crippen LogP contribution in [0, 0.1) is 0 Å². The number of nitrogens with one attached hydrogen (secondary N) is 2. The van der Waals surface area contributed by atoms with Crippen molar-refractivity contribution in [2.75, 3.05) is 19.0 Å². The number of anilines is 1. The molecule has 2 amide bonds. The van der Waals surface area contributed by atoms with Crippen molar-refractivity contribution in [1.82, 2.24) is 5.32 Å². The second-order valence-electron chi connectivity index (χ2n) is 5.59. The van der Waals surface area contributed by atoms with Gasteiger partial charge in [0.05, 0.1) is 23.4 Å². The van der Waals surface area contributed by atoms with E-state index in [1.165, 1.54) is 25.3 Å². The van der Waals surface area contributed by atoms with E-state index in [2.05, 4.69) is 15.4 Å². The Balaban J connectivity index is 2.58. The largest absolute Gasteiger partial charge is 0.465 e. The highest BCUT2D eigenvalue weighted by molar-refractivity contribution is 6.34. The van der Waals surface area contributed by atoms with Crippen molar-refractivity contribution in [2.24, 2.45) is 0 Å². The van der Waals surface area contributed by atoms with E-state index in [0.717, 1.165) is 0 Å². The molecule has 126 valence electrons. The SMILES string of the molecule is COC(=O)c1ccc(NC(=O)CNC(=O)OC(C)(C)C)c(Cl)c1. The molecule has 2 N–H and O–H groups in total. The summed E-state index contributed by atoms with van der Waals surface area (Å²) in [4.78, 5) is 34.6. The van der Waals surface area contributed by atoms with Gasteiger partial charge in [-0.25, -0.2) is 9.59 Å². The minimum atomic E-state index is -0.695. The van der Waals surface area contributed by atoms with Gasteiger partial charge in [-0.05, 0) is 39.0 Å². The molecule has 0 atom stereocenters. The Hall–Kier alpha value is -2.28. The monoisotopic (exact) mass is 342 g/mol. The molecule has 0 saturated carbocycles. The summed E-state index contributed by atoms with van der Waals surface area (Å²) in [5.41, 5.74) is -0.0641. The molecule has 8 heteroatoms. The van der Waals surface area contributed by atoms with Gasteiger partial charge in [0, 0.05) is 0 Å². The molecule has 0 aromatic heterocycles. The summed E-state index contributed by atoms with van der Waals surface area (Å²) < 4.78 is 9.58. The van der Waals surface area contributed by atoms with E-state index >= 15 is 0 Å². The summed E-state index contributed by atoms with van der Waals surface area (Å²) in [6, 6.07) is 4.32. The minimum Gasteiger partial charge on any atom is -0.465 e. The van der Waals surface area contributed by atoms with Gasteiger partial charge in [0.2, 0.25) is 5.91 Å². The predicted octanol–water partition coefficient (Wildman–Crippen LogP) is 2.59. The molecule has 0 aliphatic rings. The highest BCUT2D eigenvalue weighted by Crippen LogP contribution is 2.23. The molecule has 1 aromatic rings. The van der Waals surface area contributed by atoms with Crippen molar-refractivity contribution in [3.8, 4) is 0 Å². The third kappa shape index (κ3) is 6.56. The van der Waals surface area contributed by atoms with Gasteiger partial charge in [0.1, 0.15) is 12.1 Å². The average Bonchev–Trinajstić information content (AvgIpc) is 2.44. The summed E-state index contributed by atoms with van der Waals surface area (Å²) in [6.07, 6.45) is -0.695. The van der Waals surface area contributed by atoms with Crippen LogP contribution in [0.25, 0.3) is 0 Å². The molecular weight excluding hydrogens is 324 g/mol. The molecule has 1 aromatic carbocycles. The molecule has 0 unspecified atom stereocenters. The van der Waals surface area contributed by atoms with Gasteiger partial charge in [-0.1, -0.05) is 11.6 Å². The second-order valence-corrected chi connectivity index (χ2v) is 6.00. The van der Waals surface area contributed by atoms with Crippen molar-refractivity contribution in [1.29, 1.82) is 0 Å². The number of hydrogen-bond acceptors (Lipinski definition) is 5. The predicted molar refractivity (Wildman–Crippen MR) is 85.7 cm³/mol. The zero-order chi connectivity index (χ0) is 17.6. The van der Waals surface area contributed by atoms with E-state index in [4.69, 9.17) is 16.3 Å². The lowest BCUT2D eigenvalue weighted by Gasteiger charge is -2.19. The fourth-order valence-corrected chi connectivity index (χ4v) is 1.75. The molecule has 7 nitrogen and oxygen atoms in total. The van der Waals surface area contributed by atoms with Crippen molar-refractivity contribution in [2.45, 2.75) is 26.4 Å². The summed E-state index contributed by atoms with van der Waals surface area (Å²) in [5.74, 6) is -1.01. The highest BCUT2D eigenvalue weighted by atomic mass is 35.5. The van der Waals surface area contributed by atoms with E-state index in [-0.39, 0.29) is 17.1 Å². The molecule has 0 aliphatic heterocycles. The fraction of sp³-hybridized carbons (Fsp3) is 0.400. The van der Waals surface area contributed by atoms with Crippen LogP contribution in [0.1, 0.15) is 31.1 Å². The summed E-state index contributed by atoms with van der Waals surface area (Å²) >= 11 is 5.99. The van der Waals surface area contributed by atoms with E-state index in [1.54, 1.807) is 20.8 Å². The van der Waals surface area contributed by atoms with Crippen LogP contribution < -0.4 is 10.6 Å². The summed E-state index contributed by atoms with van der Waals surface area (Å²) in [6.45, 7) is 4.88. The molecule has 0 aliphatic carbocycles. The highest BCUT2D eigenvalue weighted by Gasteiger charge is 2.17. The number of rotatable bonds is 4. The quantitative estimate of drug-likeness (QED) is 0.820. The lowest BCUT2D eigenvalue weighted by Crippen LogP contribution is -2.37. The van der Waals surface area contributed by atoms with Crippen LogP contribution >= 0.6 is 11.6 Å². The average molecular weight is 343 g/mol. The Kier molecular flexibility index (Phi) is 6.38. The number of benzene rings is 1. The molecule has 0 heterocycles. The number of halogens is 1. The maximum atomic E-state index is 11.8. The first-order valence-corrected chi connectivity index (χ1v) is 7.15. The molecular formula is C15H19ClN2O5. The van der Waals surface area contributed by atoms with Gasteiger partial charge in [0.15, 0.2) is 0 Å². The lowest BCUT2D eigenvalue weighted by atomic mass is 10.2. The standard InChI is InChI=1S/C15H19ClN2O5/c1-15(2,3)23-14(21)17-8-12(19)18-11-6-5-9(7-10(11)16)13(20)22-4/h5-7H,8H2,1-4H3,(H,17,21)(H,18,19). The third-order valence-electron chi connectivity index (χ3n) is 2.46. The number of ether oxygens (including phenoxy) is 2. The first-order valence-electron chi connectivity index (χ1n) is 6.77. The number of carbonyl (C=O) groups excluding carboxylic acids is 3. The third-order valence-corrected chi connectivity index (χ3v) is 2.77. The van der Waals surface area contributed by atoms with Crippen LogP contribution in [0.5, 0.6) is 0 Å². The van der Waals surface area contributed by atoms with Crippen LogP contribution in [0.2, 0.25) is 5.02 Å². The molecule has 0 saturated heterocycles. The zero-order valence-corrected chi connectivity index (χ0v) is 14.1. The van der Waals surface area contributed by atoms with Crippen LogP contribution in [0.3, 0.4) is 0 Å². The van der Waals surface area contributed by atoms with Crippen LogP contribution in [0.4, 0.5) is 10.5 Å². The molecule has 23 heavy (non-hydrogen) atoms. The molecule has 0 fully saturated rings. The molecule has 1 rings (SSSR count). The first kappa shape index (κ1) is 18.8. The first-order chi connectivity index (χ1) is 10.6. The summed E-state index contributed by atoms with van der Waals surface area (Å²) in [5, 5.41) is 5.03. The lowest BCUT2D eigenvalue weighted by molar-refractivity contribution is -0.115. The zero-order valence-electron chi connectivity index (χ0n) is 13.4. The maximum absolute atomic E-state index is 11.8. The summed E-state index contributed by atoms with van der Waals surface area (Å²) in [7, 11) is 1.26. The van der Waals surface area contributed by atoms with Gasteiger partial charge in [-0.3, -0.25) is 4.79 Å². The Labute approximate surface area is 139 Å². The number of carbonyl (C=O) groups is 3.